The highest BCUT2D eigenvalue weighted by molar-refractivity contribution is 6.33. The highest BCUT2D eigenvalue weighted by Crippen LogP contribution is 2.37. The SMILES string of the molecule is O=C(COC(=O)CN1C(=O)C2CCCCC2C1=O)Nc1cc([N+](=O)[O-])ccc1Cl. The summed E-state index contributed by atoms with van der Waals surface area (Å²) in [5.74, 6) is -3.15. The van der Waals surface area contributed by atoms with Gasteiger partial charge in [-0.25, -0.2) is 0 Å². The van der Waals surface area contributed by atoms with Crippen molar-refractivity contribution in [3.05, 3.63) is 33.3 Å². The molecule has 0 aromatic heterocycles. The van der Waals surface area contributed by atoms with E-state index in [0.29, 0.717) is 12.8 Å². The first kappa shape index (κ1) is 20.7. The van der Waals surface area contributed by atoms with Crippen molar-refractivity contribution in [3.8, 4) is 0 Å². The maximum atomic E-state index is 12.3. The van der Waals surface area contributed by atoms with Gasteiger partial charge in [0.25, 0.3) is 11.6 Å². The highest BCUT2D eigenvalue weighted by atomic mass is 35.5. The summed E-state index contributed by atoms with van der Waals surface area (Å²) in [4.78, 5) is 59.7. The summed E-state index contributed by atoms with van der Waals surface area (Å²) in [6, 6.07) is 3.51. The van der Waals surface area contributed by atoms with Crippen molar-refractivity contribution in [1.29, 1.82) is 0 Å². The van der Waals surface area contributed by atoms with Crippen LogP contribution in [0.4, 0.5) is 11.4 Å². The van der Waals surface area contributed by atoms with Crippen LogP contribution < -0.4 is 5.32 Å². The smallest absolute Gasteiger partial charge is 0.326 e. The van der Waals surface area contributed by atoms with Crippen molar-refractivity contribution in [2.45, 2.75) is 25.7 Å². The van der Waals surface area contributed by atoms with E-state index in [1.54, 1.807) is 0 Å². The second-order valence-electron chi connectivity index (χ2n) is 6.89. The predicted octanol–water partition coefficient (Wildman–Crippen LogP) is 1.91. The number of halogens is 1. The monoisotopic (exact) mass is 423 g/mol. The number of anilines is 1. The zero-order valence-corrected chi connectivity index (χ0v) is 16.0. The minimum absolute atomic E-state index is 0.00381. The van der Waals surface area contributed by atoms with E-state index in [2.05, 4.69) is 5.32 Å². The van der Waals surface area contributed by atoms with Gasteiger partial charge in [0.05, 0.1) is 27.5 Å². The largest absolute Gasteiger partial charge is 0.454 e. The van der Waals surface area contributed by atoms with Gasteiger partial charge in [-0.05, 0) is 18.9 Å². The van der Waals surface area contributed by atoms with Crippen molar-refractivity contribution >= 4 is 46.7 Å². The molecule has 1 aromatic carbocycles. The number of rotatable bonds is 6. The fourth-order valence-corrected chi connectivity index (χ4v) is 3.78. The van der Waals surface area contributed by atoms with Crippen LogP contribution in [0.15, 0.2) is 18.2 Å². The number of non-ortho nitro benzene ring substituents is 1. The lowest BCUT2D eigenvalue weighted by molar-refractivity contribution is -0.384. The topological polar surface area (TPSA) is 136 Å². The van der Waals surface area contributed by atoms with Gasteiger partial charge in [0, 0.05) is 12.1 Å². The van der Waals surface area contributed by atoms with E-state index >= 15 is 0 Å². The van der Waals surface area contributed by atoms with E-state index in [9.17, 15) is 29.3 Å². The molecule has 1 aliphatic heterocycles. The molecule has 0 radical (unpaired) electrons. The third-order valence-corrected chi connectivity index (χ3v) is 5.35. The molecule has 2 unspecified atom stereocenters. The van der Waals surface area contributed by atoms with Gasteiger partial charge in [-0.1, -0.05) is 24.4 Å². The van der Waals surface area contributed by atoms with Crippen LogP contribution in [0.1, 0.15) is 25.7 Å². The van der Waals surface area contributed by atoms with Crippen LogP contribution in [0.5, 0.6) is 0 Å². The number of fused-ring (bicyclic) bond motifs is 1. The number of carbonyl (C=O) groups is 4. The number of imide groups is 1. The average molecular weight is 424 g/mol. The normalized spacial score (nSPS) is 20.9. The number of nitrogens with one attached hydrogen (secondary N) is 1. The fourth-order valence-electron chi connectivity index (χ4n) is 3.62. The fraction of sp³-hybridized carbons (Fsp3) is 0.444. The van der Waals surface area contributed by atoms with Crippen molar-refractivity contribution in [2.75, 3.05) is 18.5 Å². The number of ether oxygens (including phenoxy) is 1. The first-order chi connectivity index (χ1) is 13.8. The van der Waals surface area contributed by atoms with E-state index < -0.39 is 30.0 Å². The van der Waals surface area contributed by atoms with E-state index in [1.807, 2.05) is 0 Å². The molecule has 1 aromatic rings. The van der Waals surface area contributed by atoms with Gasteiger partial charge in [0.15, 0.2) is 6.61 Å². The number of carbonyl (C=O) groups excluding carboxylic acids is 4. The molecule has 3 amide bonds. The van der Waals surface area contributed by atoms with Crippen LogP contribution in [0.3, 0.4) is 0 Å². The zero-order chi connectivity index (χ0) is 21.1. The number of hydrogen-bond acceptors (Lipinski definition) is 7. The molecule has 11 heteroatoms. The highest BCUT2D eigenvalue weighted by Gasteiger charge is 2.48. The Kier molecular flexibility index (Phi) is 6.12. The van der Waals surface area contributed by atoms with Gasteiger partial charge in [-0.15, -0.1) is 0 Å². The number of nitro benzene ring substituents is 1. The Morgan fingerprint density at radius 1 is 1.21 bits per heavy atom. The van der Waals surface area contributed by atoms with Crippen LogP contribution in [-0.4, -0.2) is 46.7 Å². The second-order valence-corrected chi connectivity index (χ2v) is 7.30. The van der Waals surface area contributed by atoms with Gasteiger partial charge in [0.2, 0.25) is 11.8 Å². The number of likely N-dealkylation sites (tertiary alicyclic amines) is 1. The van der Waals surface area contributed by atoms with E-state index in [-0.39, 0.29) is 40.0 Å². The minimum Gasteiger partial charge on any atom is -0.454 e. The van der Waals surface area contributed by atoms with Crippen molar-refractivity contribution in [3.63, 3.8) is 0 Å². The molecule has 1 saturated carbocycles. The Morgan fingerprint density at radius 2 is 1.83 bits per heavy atom. The standard InChI is InChI=1S/C18H18ClN3O7/c19-13-6-5-10(22(27)28)7-14(13)20-15(23)9-29-16(24)8-21-17(25)11-3-1-2-4-12(11)18(21)26/h5-7,11-12H,1-4,8-9H2,(H,20,23). The van der Waals surface area contributed by atoms with E-state index in [1.165, 1.54) is 12.1 Å². The van der Waals surface area contributed by atoms with Gasteiger partial charge in [-0.2, -0.15) is 0 Å². The Balaban J connectivity index is 1.52. The Bertz CT molecular complexity index is 864. The van der Waals surface area contributed by atoms with Crippen molar-refractivity contribution < 1.29 is 28.8 Å². The molecular weight excluding hydrogens is 406 g/mol. The second kappa shape index (κ2) is 8.56. The summed E-state index contributed by atoms with van der Waals surface area (Å²) < 4.78 is 4.83. The Hall–Kier alpha value is -3.01. The third kappa shape index (κ3) is 4.53. The number of nitro groups is 1. The molecule has 2 aliphatic rings. The third-order valence-electron chi connectivity index (χ3n) is 5.02. The van der Waals surface area contributed by atoms with Crippen LogP contribution >= 0.6 is 11.6 Å². The quantitative estimate of drug-likeness (QED) is 0.319. The minimum atomic E-state index is -0.898. The molecular formula is C18H18ClN3O7. The van der Waals surface area contributed by atoms with Gasteiger partial charge in [0.1, 0.15) is 6.54 Å². The summed E-state index contributed by atoms with van der Waals surface area (Å²) in [6.45, 7) is -1.24. The lowest BCUT2D eigenvalue weighted by atomic mass is 9.81. The molecule has 0 spiro atoms. The Morgan fingerprint density at radius 3 is 2.41 bits per heavy atom. The molecule has 1 saturated heterocycles. The molecule has 3 rings (SSSR count). The maximum absolute atomic E-state index is 12.3. The first-order valence-corrected chi connectivity index (χ1v) is 9.40. The number of benzene rings is 1. The molecule has 1 aliphatic carbocycles. The number of esters is 1. The number of nitrogens with zero attached hydrogens (tertiary/aromatic N) is 2. The van der Waals surface area contributed by atoms with Gasteiger partial charge >= 0.3 is 5.97 Å². The average Bonchev–Trinajstić information content (AvgIpc) is 2.93. The summed E-state index contributed by atoms with van der Waals surface area (Å²) in [5.41, 5.74) is -0.273. The summed E-state index contributed by atoms with van der Waals surface area (Å²) >= 11 is 5.89. The summed E-state index contributed by atoms with van der Waals surface area (Å²) in [6.07, 6.45) is 3.01. The summed E-state index contributed by atoms with van der Waals surface area (Å²) in [5, 5.41) is 13.2. The predicted molar refractivity (Wildman–Crippen MR) is 99.9 cm³/mol. The van der Waals surface area contributed by atoms with Crippen molar-refractivity contribution in [1.82, 2.24) is 4.90 Å². The first-order valence-electron chi connectivity index (χ1n) is 9.02. The molecule has 0 bridgehead atoms. The van der Waals surface area contributed by atoms with Crippen LogP contribution in [0, 0.1) is 22.0 Å². The molecule has 1 heterocycles. The van der Waals surface area contributed by atoms with Crippen LogP contribution in [0.2, 0.25) is 5.02 Å². The summed E-state index contributed by atoms with van der Waals surface area (Å²) in [7, 11) is 0. The lowest BCUT2D eigenvalue weighted by Crippen LogP contribution is -2.37. The van der Waals surface area contributed by atoms with Crippen molar-refractivity contribution in [2.24, 2.45) is 11.8 Å². The maximum Gasteiger partial charge on any atom is 0.326 e. The molecule has 2 atom stereocenters. The molecule has 29 heavy (non-hydrogen) atoms. The van der Waals surface area contributed by atoms with Gasteiger partial charge < -0.3 is 10.1 Å². The van der Waals surface area contributed by atoms with Crippen LogP contribution in [-0.2, 0) is 23.9 Å². The molecule has 154 valence electrons. The number of amides is 3. The molecule has 10 nitrogen and oxygen atoms in total. The van der Waals surface area contributed by atoms with E-state index in [4.69, 9.17) is 16.3 Å². The van der Waals surface area contributed by atoms with Crippen LogP contribution in [0.25, 0.3) is 0 Å². The van der Waals surface area contributed by atoms with E-state index in [0.717, 1.165) is 23.8 Å². The zero-order valence-electron chi connectivity index (χ0n) is 15.3. The Labute approximate surface area is 170 Å². The van der Waals surface area contributed by atoms with Gasteiger partial charge in [-0.3, -0.25) is 34.2 Å². The number of hydrogen-bond donors (Lipinski definition) is 1. The molecule has 2 fully saturated rings. The lowest BCUT2D eigenvalue weighted by Gasteiger charge is -2.19. The molecule has 1 N–H and O–H groups in total.